The van der Waals surface area contributed by atoms with Gasteiger partial charge in [-0.05, 0) is 6.07 Å². The maximum atomic E-state index is 11.9. The second-order valence-electron chi connectivity index (χ2n) is 4.46. The fraction of sp³-hybridized carbons (Fsp3) is 0.308. The lowest BCUT2D eigenvalue weighted by atomic mass is 10.4. The van der Waals surface area contributed by atoms with Crippen molar-refractivity contribution < 1.29 is 9.53 Å². The third-order valence-electron chi connectivity index (χ3n) is 2.76. The van der Waals surface area contributed by atoms with E-state index >= 15 is 0 Å². The van der Waals surface area contributed by atoms with E-state index < -0.39 is 0 Å². The number of hydrogen-bond donors (Lipinski definition) is 2. The molecule has 2 rings (SSSR count). The number of nitrogens with one attached hydrogen (secondary N) is 1. The van der Waals surface area contributed by atoms with Crippen molar-refractivity contribution in [1.82, 2.24) is 14.3 Å². The summed E-state index contributed by atoms with van der Waals surface area (Å²) < 4.78 is 7.85. The van der Waals surface area contributed by atoms with Gasteiger partial charge in [0.15, 0.2) is 0 Å². The van der Waals surface area contributed by atoms with Crippen LogP contribution in [0.1, 0.15) is 0 Å². The van der Waals surface area contributed by atoms with Crippen LogP contribution in [-0.2, 0) is 22.6 Å². The Hall–Kier alpha value is -2.61. The molecule has 8 heteroatoms. The first-order chi connectivity index (χ1) is 10.1. The molecule has 0 aliphatic carbocycles. The van der Waals surface area contributed by atoms with E-state index in [9.17, 15) is 9.59 Å². The molecular weight excluding hydrogens is 274 g/mol. The number of hydrogen-bond acceptors (Lipinski definition) is 5. The lowest BCUT2D eigenvalue weighted by Crippen LogP contribution is -2.26. The summed E-state index contributed by atoms with van der Waals surface area (Å²) in [5.74, 6) is -0.325. The number of aromatic nitrogens is 3. The van der Waals surface area contributed by atoms with Crippen LogP contribution in [0.5, 0.6) is 0 Å². The second-order valence-corrected chi connectivity index (χ2v) is 4.46. The number of carbonyl (C=O) groups is 1. The lowest BCUT2D eigenvalue weighted by molar-refractivity contribution is -0.116. The monoisotopic (exact) mass is 291 g/mol. The SMILES string of the molecule is COCCn1cc(NC(=O)Cn2cc(N)ccc2=O)cn1. The Bertz CT molecular complexity index is 676. The molecule has 0 radical (unpaired) electrons. The summed E-state index contributed by atoms with van der Waals surface area (Å²) in [6.07, 6.45) is 4.67. The third-order valence-corrected chi connectivity index (χ3v) is 2.76. The highest BCUT2D eigenvalue weighted by atomic mass is 16.5. The number of methoxy groups -OCH3 is 1. The number of ether oxygens (including phenoxy) is 1. The molecule has 0 atom stereocenters. The van der Waals surface area contributed by atoms with E-state index in [1.54, 1.807) is 18.0 Å². The minimum atomic E-state index is -0.325. The van der Waals surface area contributed by atoms with E-state index in [-0.39, 0.29) is 18.0 Å². The maximum Gasteiger partial charge on any atom is 0.251 e. The second kappa shape index (κ2) is 6.71. The average molecular weight is 291 g/mol. The summed E-state index contributed by atoms with van der Waals surface area (Å²) in [7, 11) is 1.61. The Kier molecular flexibility index (Phi) is 4.72. The van der Waals surface area contributed by atoms with Crippen molar-refractivity contribution in [2.24, 2.45) is 0 Å². The molecule has 0 aliphatic rings. The molecule has 0 spiro atoms. The van der Waals surface area contributed by atoms with E-state index in [2.05, 4.69) is 10.4 Å². The lowest BCUT2D eigenvalue weighted by Gasteiger charge is -2.06. The number of nitrogens with zero attached hydrogens (tertiary/aromatic N) is 3. The molecule has 0 aliphatic heterocycles. The van der Waals surface area contributed by atoms with Crippen LogP contribution in [0.2, 0.25) is 0 Å². The van der Waals surface area contributed by atoms with Crippen LogP contribution < -0.4 is 16.6 Å². The largest absolute Gasteiger partial charge is 0.398 e. The molecule has 0 bridgehead atoms. The minimum Gasteiger partial charge on any atom is -0.398 e. The molecule has 0 saturated carbocycles. The molecular formula is C13H17N5O3. The summed E-state index contributed by atoms with van der Waals surface area (Å²) in [5, 5.41) is 6.75. The molecule has 2 aromatic rings. The molecule has 0 fully saturated rings. The number of nitrogen functional groups attached to an aromatic ring is 1. The van der Waals surface area contributed by atoms with Gasteiger partial charge in [-0.25, -0.2) is 0 Å². The number of nitrogens with two attached hydrogens (primary N) is 1. The highest BCUT2D eigenvalue weighted by molar-refractivity contribution is 5.90. The van der Waals surface area contributed by atoms with Crippen molar-refractivity contribution in [3.8, 4) is 0 Å². The van der Waals surface area contributed by atoms with Gasteiger partial charge in [0, 0.05) is 31.3 Å². The Morgan fingerprint density at radius 1 is 1.43 bits per heavy atom. The van der Waals surface area contributed by atoms with Gasteiger partial charge in [-0.2, -0.15) is 5.10 Å². The van der Waals surface area contributed by atoms with E-state index in [4.69, 9.17) is 10.5 Å². The highest BCUT2D eigenvalue weighted by Crippen LogP contribution is 2.05. The van der Waals surface area contributed by atoms with Crippen LogP contribution in [0, 0.1) is 0 Å². The predicted octanol–water partition coefficient (Wildman–Crippen LogP) is -0.0879. The van der Waals surface area contributed by atoms with Gasteiger partial charge in [-0.3, -0.25) is 14.3 Å². The van der Waals surface area contributed by atoms with Gasteiger partial charge in [0.2, 0.25) is 5.91 Å². The molecule has 0 saturated heterocycles. The van der Waals surface area contributed by atoms with Gasteiger partial charge in [-0.15, -0.1) is 0 Å². The van der Waals surface area contributed by atoms with Crippen LogP contribution >= 0.6 is 0 Å². The van der Waals surface area contributed by atoms with Crippen LogP contribution in [-0.4, -0.2) is 34.0 Å². The first-order valence-corrected chi connectivity index (χ1v) is 6.35. The van der Waals surface area contributed by atoms with Gasteiger partial charge >= 0.3 is 0 Å². The predicted molar refractivity (Wildman–Crippen MR) is 77.8 cm³/mol. The molecule has 0 aromatic carbocycles. The van der Waals surface area contributed by atoms with E-state index in [0.717, 1.165) is 0 Å². The maximum absolute atomic E-state index is 11.9. The molecule has 2 aromatic heterocycles. The van der Waals surface area contributed by atoms with Crippen LogP contribution in [0.4, 0.5) is 11.4 Å². The summed E-state index contributed by atoms with van der Waals surface area (Å²) in [5.41, 5.74) is 6.30. The smallest absolute Gasteiger partial charge is 0.251 e. The first kappa shape index (κ1) is 14.8. The molecule has 112 valence electrons. The first-order valence-electron chi connectivity index (χ1n) is 6.35. The zero-order chi connectivity index (χ0) is 15.2. The normalized spacial score (nSPS) is 10.5. The molecule has 3 N–H and O–H groups in total. The highest BCUT2D eigenvalue weighted by Gasteiger charge is 2.07. The molecule has 2 heterocycles. The zero-order valence-electron chi connectivity index (χ0n) is 11.7. The Morgan fingerprint density at radius 3 is 3.00 bits per heavy atom. The van der Waals surface area contributed by atoms with Crippen LogP contribution in [0.3, 0.4) is 0 Å². The Morgan fingerprint density at radius 2 is 2.24 bits per heavy atom. The Labute approximate surface area is 121 Å². The van der Waals surface area contributed by atoms with Crippen molar-refractivity contribution in [2.75, 3.05) is 24.8 Å². The van der Waals surface area contributed by atoms with Crippen LogP contribution in [0.15, 0.2) is 35.5 Å². The van der Waals surface area contributed by atoms with Crippen molar-refractivity contribution in [2.45, 2.75) is 13.1 Å². The number of rotatable bonds is 6. The standard InChI is InChI=1S/C13H17N5O3/c1-21-5-4-18-8-11(6-15-18)16-12(19)9-17-7-10(14)2-3-13(17)20/h2-3,6-8H,4-5,9,14H2,1H3,(H,16,19). The van der Waals surface area contributed by atoms with Crippen molar-refractivity contribution >= 4 is 17.3 Å². The van der Waals surface area contributed by atoms with Gasteiger partial charge in [0.05, 0.1) is 25.0 Å². The van der Waals surface area contributed by atoms with Gasteiger partial charge in [-0.1, -0.05) is 0 Å². The quantitative estimate of drug-likeness (QED) is 0.774. The number of anilines is 2. The van der Waals surface area contributed by atoms with E-state index in [1.165, 1.54) is 29.1 Å². The number of amides is 1. The number of carbonyl (C=O) groups excluding carboxylic acids is 1. The Balaban J connectivity index is 1.96. The van der Waals surface area contributed by atoms with E-state index in [0.29, 0.717) is 24.5 Å². The zero-order valence-corrected chi connectivity index (χ0v) is 11.7. The minimum absolute atomic E-state index is 0.104. The third kappa shape index (κ3) is 4.18. The van der Waals surface area contributed by atoms with Crippen molar-refractivity contribution in [3.63, 3.8) is 0 Å². The summed E-state index contributed by atoms with van der Waals surface area (Å²) in [6.45, 7) is 1.03. The summed E-state index contributed by atoms with van der Waals surface area (Å²) in [6, 6.07) is 2.82. The average Bonchev–Trinajstić information content (AvgIpc) is 2.88. The summed E-state index contributed by atoms with van der Waals surface area (Å²) in [4.78, 5) is 23.5. The van der Waals surface area contributed by atoms with Crippen LogP contribution in [0.25, 0.3) is 0 Å². The van der Waals surface area contributed by atoms with E-state index in [1.807, 2.05) is 0 Å². The van der Waals surface area contributed by atoms with Gasteiger partial charge in [0.25, 0.3) is 5.56 Å². The topological polar surface area (TPSA) is 104 Å². The van der Waals surface area contributed by atoms with Crippen molar-refractivity contribution in [1.29, 1.82) is 0 Å². The fourth-order valence-electron chi connectivity index (χ4n) is 1.76. The molecule has 8 nitrogen and oxygen atoms in total. The van der Waals surface area contributed by atoms with Gasteiger partial charge in [0.1, 0.15) is 6.54 Å². The van der Waals surface area contributed by atoms with Gasteiger partial charge < -0.3 is 20.4 Å². The molecule has 21 heavy (non-hydrogen) atoms. The van der Waals surface area contributed by atoms with Crippen molar-refractivity contribution in [3.05, 3.63) is 41.1 Å². The fourth-order valence-corrected chi connectivity index (χ4v) is 1.76. The molecule has 0 unspecified atom stereocenters. The number of pyridine rings is 1. The summed E-state index contributed by atoms with van der Waals surface area (Å²) >= 11 is 0. The molecule has 1 amide bonds.